The molecule has 0 radical (unpaired) electrons. The van der Waals surface area contributed by atoms with E-state index in [1.807, 2.05) is 43.6 Å². The summed E-state index contributed by atoms with van der Waals surface area (Å²) in [4.78, 5) is 15.0. The van der Waals surface area contributed by atoms with Gasteiger partial charge in [0.05, 0.1) is 22.4 Å². The lowest BCUT2D eigenvalue weighted by atomic mass is 9.83. The Hall–Kier alpha value is -8.21. The number of fused-ring (bicyclic) bond motifs is 5. The molecule has 0 amide bonds. The maximum absolute atomic E-state index is 5.15. The van der Waals surface area contributed by atoms with E-state index in [0.29, 0.717) is 0 Å². The molecule has 0 saturated heterocycles. The molecule has 0 aliphatic rings. The third-order valence-electron chi connectivity index (χ3n) is 12.0. The molecule has 0 N–H and O–H groups in total. The number of allylic oxidation sites excluding steroid dienone is 2. The molecular formula is C58H40N4. The highest BCUT2D eigenvalue weighted by atomic mass is 15.1. The summed E-state index contributed by atoms with van der Waals surface area (Å²) in [7, 11) is 0. The number of benzene rings is 9. The van der Waals surface area contributed by atoms with Gasteiger partial charge in [-0.3, -0.25) is 14.5 Å². The highest BCUT2D eigenvalue weighted by molar-refractivity contribution is 6.24. The fraction of sp³-hybridized carbons (Fsp3) is 0.0172. The molecule has 0 bridgehead atoms. The Morgan fingerprint density at radius 3 is 1.71 bits per heavy atom. The minimum atomic E-state index is 0.868. The van der Waals surface area contributed by atoms with E-state index in [2.05, 4.69) is 187 Å². The molecule has 2 aromatic heterocycles. The van der Waals surface area contributed by atoms with Crippen molar-refractivity contribution in [3.05, 3.63) is 219 Å². The zero-order valence-corrected chi connectivity index (χ0v) is 34.2. The summed E-state index contributed by atoms with van der Waals surface area (Å²) in [6.07, 6.45) is 7.55. The average Bonchev–Trinajstić information content (AvgIpc) is 3.73. The number of aromatic nitrogens is 3. The zero-order chi connectivity index (χ0) is 41.6. The summed E-state index contributed by atoms with van der Waals surface area (Å²) in [5.41, 5.74) is 12.9. The fourth-order valence-corrected chi connectivity index (χ4v) is 9.43. The van der Waals surface area contributed by atoms with Gasteiger partial charge in [0.2, 0.25) is 0 Å². The average molecular weight is 793 g/mol. The molecule has 11 rings (SSSR count). The lowest BCUT2D eigenvalue weighted by Gasteiger charge is -2.20. The second kappa shape index (κ2) is 15.4. The van der Waals surface area contributed by atoms with E-state index in [1.165, 1.54) is 32.7 Å². The molecule has 0 aliphatic carbocycles. The van der Waals surface area contributed by atoms with E-state index in [-0.39, 0.29) is 0 Å². The van der Waals surface area contributed by atoms with Gasteiger partial charge in [-0.15, -0.1) is 0 Å². The van der Waals surface area contributed by atoms with Crippen molar-refractivity contribution >= 4 is 66.0 Å². The second-order valence-corrected chi connectivity index (χ2v) is 15.5. The lowest BCUT2D eigenvalue weighted by Crippen LogP contribution is -1.97. The summed E-state index contributed by atoms with van der Waals surface area (Å²) in [5, 5.41) is 9.25. The quantitative estimate of drug-likeness (QED) is 0.0874. The number of nitrogens with zero attached hydrogens (tertiary/aromatic N) is 4. The Morgan fingerprint density at radius 2 is 1.06 bits per heavy atom. The van der Waals surface area contributed by atoms with Gasteiger partial charge in [0.1, 0.15) is 5.82 Å². The van der Waals surface area contributed by atoms with Gasteiger partial charge in [-0.25, -0.2) is 4.98 Å². The molecule has 0 unspecified atom stereocenters. The van der Waals surface area contributed by atoms with E-state index in [1.54, 1.807) is 0 Å². The molecule has 0 aliphatic heterocycles. The van der Waals surface area contributed by atoms with E-state index < -0.39 is 0 Å². The van der Waals surface area contributed by atoms with Crippen LogP contribution < -0.4 is 0 Å². The van der Waals surface area contributed by atoms with Crippen molar-refractivity contribution < 1.29 is 0 Å². The first kappa shape index (κ1) is 36.8. The molecular weight excluding hydrogens is 753 g/mol. The number of hydrogen-bond acceptors (Lipinski definition) is 3. The van der Waals surface area contributed by atoms with Gasteiger partial charge in [-0.05, 0) is 121 Å². The van der Waals surface area contributed by atoms with Crippen LogP contribution in [0.4, 0.5) is 0 Å². The third-order valence-corrected chi connectivity index (χ3v) is 12.0. The van der Waals surface area contributed by atoms with Crippen molar-refractivity contribution in [3.8, 4) is 50.6 Å². The van der Waals surface area contributed by atoms with Gasteiger partial charge < -0.3 is 0 Å². The fourth-order valence-electron chi connectivity index (χ4n) is 9.43. The smallest absolute Gasteiger partial charge is 0.145 e. The molecule has 4 nitrogen and oxygen atoms in total. The van der Waals surface area contributed by atoms with Gasteiger partial charge in [0.25, 0.3) is 0 Å². The molecule has 4 heteroatoms. The number of pyridine rings is 1. The summed E-state index contributed by atoms with van der Waals surface area (Å²) < 4.78 is 2.26. The van der Waals surface area contributed by atoms with E-state index in [0.717, 1.165) is 83.3 Å². The monoisotopic (exact) mass is 792 g/mol. The number of rotatable bonds is 8. The first-order chi connectivity index (χ1) is 30.7. The molecule has 0 atom stereocenters. The van der Waals surface area contributed by atoms with Gasteiger partial charge in [0.15, 0.2) is 0 Å². The van der Waals surface area contributed by atoms with Crippen LogP contribution in [0.2, 0.25) is 0 Å². The number of imidazole rings is 1. The molecule has 292 valence electrons. The molecule has 2 heterocycles. The summed E-state index contributed by atoms with van der Waals surface area (Å²) in [6.45, 7) is 6.01. The minimum Gasteiger partial charge on any atom is -0.292 e. The standard InChI is InChI=1S/C58H40N4/c1-3-18-51(59-4-2)56-46-25-12-13-26-47(46)57(52-28-16-17-36-60-52)49-37-40(34-35-48(49)56)55-44-23-10-8-21-42(44)54(43-22-9-11-24-45(43)55)38-30-32-39(33-31-38)58-61-50-27-14-15-29-53(50)62(58)41-19-6-5-7-20-41/h3-37H,1H2,2H3/b51-18-,59-4?. The Labute approximate surface area is 360 Å². The van der Waals surface area contributed by atoms with Crippen molar-refractivity contribution in [2.45, 2.75) is 6.92 Å². The number of aliphatic imine (C=N–C) groups is 1. The van der Waals surface area contributed by atoms with Gasteiger partial charge in [-0.1, -0.05) is 158 Å². The van der Waals surface area contributed by atoms with Crippen LogP contribution in [0.3, 0.4) is 0 Å². The second-order valence-electron chi connectivity index (χ2n) is 15.5. The van der Waals surface area contributed by atoms with Crippen LogP contribution in [0.5, 0.6) is 0 Å². The van der Waals surface area contributed by atoms with Gasteiger partial charge >= 0.3 is 0 Å². The van der Waals surface area contributed by atoms with Crippen molar-refractivity contribution in [2.75, 3.05) is 0 Å². The first-order valence-electron chi connectivity index (χ1n) is 21.0. The topological polar surface area (TPSA) is 43.1 Å². The summed E-state index contributed by atoms with van der Waals surface area (Å²) in [5.74, 6) is 0.917. The largest absolute Gasteiger partial charge is 0.292 e. The predicted octanol–water partition coefficient (Wildman–Crippen LogP) is 15.3. The zero-order valence-electron chi connectivity index (χ0n) is 34.2. The van der Waals surface area contributed by atoms with Crippen molar-refractivity contribution in [1.29, 1.82) is 0 Å². The predicted molar refractivity (Wildman–Crippen MR) is 263 cm³/mol. The summed E-state index contributed by atoms with van der Waals surface area (Å²) in [6, 6.07) is 67.2. The van der Waals surface area contributed by atoms with Crippen LogP contribution in [0.15, 0.2) is 218 Å². The molecule has 0 saturated carbocycles. The first-order valence-corrected chi connectivity index (χ1v) is 21.0. The molecule has 11 aromatic rings. The van der Waals surface area contributed by atoms with Crippen LogP contribution in [-0.4, -0.2) is 20.7 Å². The maximum Gasteiger partial charge on any atom is 0.145 e. The van der Waals surface area contributed by atoms with Crippen LogP contribution in [-0.2, 0) is 0 Å². The van der Waals surface area contributed by atoms with Gasteiger partial charge in [-0.2, -0.15) is 0 Å². The molecule has 9 aromatic carbocycles. The van der Waals surface area contributed by atoms with Crippen molar-refractivity contribution in [3.63, 3.8) is 0 Å². The van der Waals surface area contributed by atoms with Crippen LogP contribution in [0.25, 0.3) is 110 Å². The van der Waals surface area contributed by atoms with E-state index in [4.69, 9.17) is 15.0 Å². The number of hydrogen-bond donors (Lipinski definition) is 0. The van der Waals surface area contributed by atoms with Crippen LogP contribution >= 0.6 is 0 Å². The van der Waals surface area contributed by atoms with Crippen LogP contribution in [0, 0.1) is 0 Å². The van der Waals surface area contributed by atoms with E-state index in [9.17, 15) is 0 Å². The Bertz CT molecular complexity index is 3520. The molecule has 62 heavy (non-hydrogen) atoms. The highest BCUT2D eigenvalue weighted by Gasteiger charge is 2.22. The SMILES string of the molecule is C=C/C=C(\N=CC)c1c2ccccc2c(-c2ccccn2)c2cc(-c3c4ccccc4c(-c4ccc(-c5nc6ccccc6n5-c5ccccc5)cc4)c4ccccc34)ccc12. The maximum atomic E-state index is 5.15. The van der Waals surface area contributed by atoms with Crippen molar-refractivity contribution in [2.24, 2.45) is 4.99 Å². The highest BCUT2D eigenvalue weighted by Crippen LogP contribution is 2.47. The Morgan fingerprint density at radius 1 is 0.516 bits per heavy atom. The Balaban J connectivity index is 1.14. The van der Waals surface area contributed by atoms with Crippen LogP contribution in [0.1, 0.15) is 12.5 Å². The minimum absolute atomic E-state index is 0.868. The number of para-hydroxylation sites is 3. The lowest BCUT2D eigenvalue weighted by molar-refractivity contribution is 1.10. The summed E-state index contributed by atoms with van der Waals surface area (Å²) >= 11 is 0. The van der Waals surface area contributed by atoms with E-state index >= 15 is 0 Å². The van der Waals surface area contributed by atoms with Gasteiger partial charge in [0, 0.05) is 34.8 Å². The Kier molecular flexibility index (Phi) is 9.17. The normalized spacial score (nSPS) is 12.0. The molecule has 0 spiro atoms. The third kappa shape index (κ3) is 6.03. The molecule has 0 fully saturated rings. The van der Waals surface area contributed by atoms with Crippen molar-refractivity contribution in [1.82, 2.24) is 14.5 Å².